The molecule has 0 saturated carbocycles. The first-order valence-corrected chi connectivity index (χ1v) is 18.3. The molecule has 0 spiro atoms. The standard InChI is InChI=1S/C41H56N6O6/c1-27-15-14-20-30(42-27)26-46-21-22-47(39(46)53)35(41(5,6)7)37(50)43-31(23-28-16-10-8-11-17-28)25-33(48)32(24-29-18-12-9-13-19-29)44-36(49)34(40(2,3)4)45-38(51)52/h8-20,31-35,45,48H,21-26H2,1-7H3,(H,43,50)(H,44,49)(H,51,52). The lowest BCUT2D eigenvalue weighted by molar-refractivity contribution is -0.130. The van der Waals surface area contributed by atoms with Gasteiger partial charge in [-0.3, -0.25) is 14.6 Å². The molecule has 1 saturated heterocycles. The zero-order valence-corrected chi connectivity index (χ0v) is 32.0. The van der Waals surface area contributed by atoms with Gasteiger partial charge < -0.3 is 36.0 Å². The number of carbonyl (C=O) groups is 4. The highest BCUT2D eigenvalue weighted by Gasteiger charge is 2.44. The van der Waals surface area contributed by atoms with Crippen LogP contribution in [0.5, 0.6) is 0 Å². The second-order valence-corrected chi connectivity index (χ2v) is 16.2. The first kappa shape index (κ1) is 40.8. The van der Waals surface area contributed by atoms with Crippen molar-refractivity contribution in [1.29, 1.82) is 0 Å². The molecule has 4 rings (SSSR count). The summed E-state index contributed by atoms with van der Waals surface area (Å²) < 4.78 is 0. The monoisotopic (exact) mass is 728 g/mol. The van der Waals surface area contributed by atoms with Crippen LogP contribution >= 0.6 is 0 Å². The number of pyridine rings is 1. The number of hydrogen-bond donors (Lipinski definition) is 5. The van der Waals surface area contributed by atoms with Crippen molar-refractivity contribution in [2.45, 2.75) is 105 Å². The van der Waals surface area contributed by atoms with E-state index in [0.717, 1.165) is 22.5 Å². The number of urea groups is 1. The van der Waals surface area contributed by atoms with Gasteiger partial charge in [0.1, 0.15) is 12.1 Å². The lowest BCUT2D eigenvalue weighted by atomic mass is 9.84. The van der Waals surface area contributed by atoms with E-state index in [4.69, 9.17) is 0 Å². The molecule has 1 aliphatic rings. The Kier molecular flexibility index (Phi) is 13.6. The van der Waals surface area contributed by atoms with Crippen LogP contribution in [-0.4, -0.2) is 92.3 Å². The number of benzene rings is 2. The summed E-state index contributed by atoms with van der Waals surface area (Å²) in [5, 5.41) is 29.9. The van der Waals surface area contributed by atoms with Crippen LogP contribution in [0.1, 0.15) is 70.5 Å². The fraction of sp³-hybridized carbons (Fsp3) is 0.488. The number of rotatable bonds is 15. The molecular formula is C41H56N6O6. The number of aliphatic hydroxyl groups is 1. The summed E-state index contributed by atoms with van der Waals surface area (Å²) in [5.74, 6) is -0.897. The van der Waals surface area contributed by atoms with Gasteiger partial charge >= 0.3 is 12.1 Å². The number of hydrogen-bond acceptors (Lipinski definition) is 6. The molecule has 1 aromatic heterocycles. The molecule has 5 amide bonds. The molecule has 286 valence electrons. The van der Waals surface area contributed by atoms with Crippen LogP contribution in [0.15, 0.2) is 78.9 Å². The number of amides is 5. The molecule has 5 atom stereocenters. The van der Waals surface area contributed by atoms with Crippen LogP contribution in [-0.2, 0) is 29.0 Å². The molecule has 2 heterocycles. The molecule has 0 radical (unpaired) electrons. The van der Waals surface area contributed by atoms with Gasteiger partial charge in [-0.1, -0.05) is 108 Å². The van der Waals surface area contributed by atoms with E-state index in [1.807, 2.05) is 107 Å². The van der Waals surface area contributed by atoms with Crippen molar-refractivity contribution in [3.63, 3.8) is 0 Å². The average molecular weight is 729 g/mol. The largest absolute Gasteiger partial charge is 0.465 e. The van der Waals surface area contributed by atoms with Gasteiger partial charge in [0.2, 0.25) is 11.8 Å². The fourth-order valence-corrected chi connectivity index (χ4v) is 6.92. The summed E-state index contributed by atoms with van der Waals surface area (Å²) in [5.41, 5.74) is 2.06. The molecule has 53 heavy (non-hydrogen) atoms. The lowest BCUT2D eigenvalue weighted by Crippen LogP contribution is -2.59. The van der Waals surface area contributed by atoms with Gasteiger partial charge in [-0.05, 0) is 60.3 Å². The quantitative estimate of drug-likeness (QED) is 0.148. The van der Waals surface area contributed by atoms with Crippen LogP contribution < -0.4 is 16.0 Å². The molecule has 5 N–H and O–H groups in total. The fourth-order valence-electron chi connectivity index (χ4n) is 6.92. The Hall–Kier alpha value is -4.97. The highest BCUT2D eigenvalue weighted by molar-refractivity contribution is 5.89. The molecule has 1 aliphatic heterocycles. The second-order valence-electron chi connectivity index (χ2n) is 16.2. The first-order chi connectivity index (χ1) is 24.9. The Morgan fingerprint density at radius 3 is 1.92 bits per heavy atom. The van der Waals surface area contributed by atoms with Gasteiger partial charge in [0.25, 0.3) is 0 Å². The summed E-state index contributed by atoms with van der Waals surface area (Å²) in [4.78, 5) is 61.4. The molecular weight excluding hydrogens is 672 g/mol. The minimum atomic E-state index is -1.33. The summed E-state index contributed by atoms with van der Waals surface area (Å²) >= 11 is 0. The highest BCUT2D eigenvalue weighted by atomic mass is 16.4. The van der Waals surface area contributed by atoms with Crippen LogP contribution in [0.3, 0.4) is 0 Å². The summed E-state index contributed by atoms with van der Waals surface area (Å²) in [6.07, 6.45) is -1.75. The molecule has 0 bridgehead atoms. The first-order valence-electron chi connectivity index (χ1n) is 18.3. The summed E-state index contributed by atoms with van der Waals surface area (Å²) in [6.45, 7) is 14.1. The van der Waals surface area contributed by atoms with Gasteiger partial charge in [0.05, 0.1) is 24.4 Å². The van der Waals surface area contributed by atoms with Crippen LogP contribution in [0.2, 0.25) is 0 Å². The van der Waals surface area contributed by atoms with Crippen molar-refractivity contribution in [2.24, 2.45) is 10.8 Å². The number of aromatic nitrogens is 1. The van der Waals surface area contributed by atoms with E-state index < -0.39 is 53.1 Å². The Labute approximate surface area is 313 Å². The zero-order chi connectivity index (χ0) is 38.9. The van der Waals surface area contributed by atoms with Gasteiger partial charge in [-0.25, -0.2) is 9.59 Å². The summed E-state index contributed by atoms with van der Waals surface area (Å²) in [7, 11) is 0. The molecule has 12 heteroatoms. The van der Waals surface area contributed by atoms with E-state index in [9.17, 15) is 29.4 Å². The SMILES string of the molecule is Cc1cccc(CN2CCN(C(C(=O)NC(Cc3ccccc3)CC(O)C(Cc3ccccc3)NC(=O)C(NC(=O)O)C(C)(C)C)C(C)(C)C)C2=O)n1. The minimum Gasteiger partial charge on any atom is -0.465 e. The third-order valence-electron chi connectivity index (χ3n) is 9.49. The third-order valence-corrected chi connectivity index (χ3v) is 9.49. The molecule has 1 fully saturated rings. The third kappa shape index (κ3) is 11.8. The van der Waals surface area contributed by atoms with Gasteiger partial charge in [-0.2, -0.15) is 0 Å². The smallest absolute Gasteiger partial charge is 0.405 e. The van der Waals surface area contributed by atoms with Crippen molar-refractivity contribution in [1.82, 2.24) is 30.7 Å². The van der Waals surface area contributed by atoms with Crippen LogP contribution in [0.25, 0.3) is 0 Å². The van der Waals surface area contributed by atoms with Gasteiger partial charge in [0.15, 0.2) is 0 Å². The Morgan fingerprint density at radius 1 is 0.774 bits per heavy atom. The predicted octanol–water partition coefficient (Wildman–Crippen LogP) is 4.93. The van der Waals surface area contributed by atoms with Crippen molar-refractivity contribution in [3.8, 4) is 0 Å². The number of nitrogens with one attached hydrogen (secondary N) is 3. The normalized spacial score (nSPS) is 16.3. The summed E-state index contributed by atoms with van der Waals surface area (Å²) in [6, 6.07) is 21.2. The maximum Gasteiger partial charge on any atom is 0.405 e. The predicted molar refractivity (Wildman–Crippen MR) is 204 cm³/mol. The Bertz CT molecular complexity index is 1690. The second kappa shape index (κ2) is 17.7. The van der Waals surface area contributed by atoms with Crippen molar-refractivity contribution in [3.05, 3.63) is 101 Å². The topological polar surface area (TPSA) is 164 Å². The minimum absolute atomic E-state index is 0.0704. The number of aryl methyl sites for hydroxylation is 1. The van der Waals surface area contributed by atoms with E-state index in [1.165, 1.54) is 0 Å². The Morgan fingerprint density at radius 2 is 1.38 bits per heavy atom. The number of carbonyl (C=O) groups excluding carboxylic acids is 3. The average Bonchev–Trinajstić information content (AvgIpc) is 3.41. The van der Waals surface area contributed by atoms with E-state index in [1.54, 1.807) is 30.6 Å². The van der Waals surface area contributed by atoms with Gasteiger partial charge in [-0.15, -0.1) is 0 Å². The van der Waals surface area contributed by atoms with Crippen LogP contribution in [0, 0.1) is 17.8 Å². The maximum absolute atomic E-state index is 14.4. The number of aliphatic hydroxyl groups excluding tert-OH is 1. The van der Waals surface area contributed by atoms with Crippen LogP contribution in [0.4, 0.5) is 9.59 Å². The Balaban J connectivity index is 1.59. The van der Waals surface area contributed by atoms with E-state index in [2.05, 4.69) is 20.9 Å². The van der Waals surface area contributed by atoms with E-state index >= 15 is 0 Å². The zero-order valence-electron chi connectivity index (χ0n) is 32.0. The lowest BCUT2D eigenvalue weighted by Gasteiger charge is -2.38. The van der Waals surface area contributed by atoms with E-state index in [-0.39, 0.29) is 24.8 Å². The number of nitrogens with zero attached hydrogens (tertiary/aromatic N) is 3. The number of carboxylic acid groups (broad SMARTS) is 1. The van der Waals surface area contributed by atoms with Crippen molar-refractivity contribution >= 4 is 23.9 Å². The molecule has 2 aromatic carbocycles. The van der Waals surface area contributed by atoms with E-state index in [0.29, 0.717) is 26.1 Å². The molecule has 12 nitrogen and oxygen atoms in total. The highest BCUT2D eigenvalue weighted by Crippen LogP contribution is 2.29. The maximum atomic E-state index is 14.4. The molecule has 0 aliphatic carbocycles. The molecule has 5 unspecified atom stereocenters. The van der Waals surface area contributed by atoms with Crippen molar-refractivity contribution < 1.29 is 29.4 Å². The van der Waals surface area contributed by atoms with Crippen molar-refractivity contribution in [2.75, 3.05) is 13.1 Å². The molecule has 3 aromatic rings. The van der Waals surface area contributed by atoms with Gasteiger partial charge in [0, 0.05) is 24.8 Å².